The molecule has 7 heteroatoms. The quantitative estimate of drug-likeness (QED) is 0.784. The van der Waals surface area contributed by atoms with E-state index in [4.69, 9.17) is 0 Å². The third kappa shape index (κ3) is 4.06. The summed E-state index contributed by atoms with van der Waals surface area (Å²) in [6.45, 7) is 1.60. The molecule has 0 saturated heterocycles. The molecular formula is C13H17NO5S. The molecule has 0 atom stereocenters. The van der Waals surface area contributed by atoms with Crippen molar-refractivity contribution in [1.82, 2.24) is 5.32 Å². The minimum Gasteiger partial charge on any atom is -0.469 e. The number of hydrogen-bond donors (Lipinski definition) is 1. The molecule has 0 unspecified atom stereocenters. The van der Waals surface area contributed by atoms with Crippen molar-refractivity contribution in [3.8, 4) is 0 Å². The zero-order chi connectivity index (χ0) is 15.2. The maximum Gasteiger partial charge on any atom is 0.307 e. The van der Waals surface area contributed by atoms with Crippen LogP contribution in [-0.2, 0) is 19.4 Å². The van der Waals surface area contributed by atoms with Gasteiger partial charge in [0.25, 0.3) is 5.91 Å². The van der Waals surface area contributed by atoms with Crippen molar-refractivity contribution in [1.29, 1.82) is 0 Å². The first kappa shape index (κ1) is 16.2. The molecule has 1 aromatic rings. The van der Waals surface area contributed by atoms with E-state index in [1.54, 1.807) is 12.1 Å². The van der Waals surface area contributed by atoms with Crippen LogP contribution < -0.4 is 5.32 Å². The van der Waals surface area contributed by atoms with Crippen molar-refractivity contribution in [3.05, 3.63) is 29.8 Å². The number of esters is 1. The summed E-state index contributed by atoms with van der Waals surface area (Å²) in [4.78, 5) is 22.9. The Labute approximate surface area is 118 Å². The highest BCUT2D eigenvalue weighted by Crippen LogP contribution is 2.16. The molecule has 110 valence electrons. The Kier molecular flexibility index (Phi) is 5.69. The lowest BCUT2D eigenvalue weighted by Gasteiger charge is -2.09. The molecule has 0 saturated carbocycles. The number of sulfone groups is 1. The molecule has 0 bridgehead atoms. The number of methoxy groups -OCH3 is 1. The molecule has 6 nitrogen and oxygen atoms in total. The fourth-order valence-electron chi connectivity index (χ4n) is 1.56. The van der Waals surface area contributed by atoms with E-state index in [1.165, 1.54) is 26.2 Å². The smallest absolute Gasteiger partial charge is 0.307 e. The molecular weight excluding hydrogens is 282 g/mol. The van der Waals surface area contributed by atoms with E-state index in [0.29, 0.717) is 0 Å². The molecule has 1 aromatic carbocycles. The summed E-state index contributed by atoms with van der Waals surface area (Å²) in [5.74, 6) is -1.05. The maximum absolute atomic E-state index is 12.0. The van der Waals surface area contributed by atoms with Gasteiger partial charge in [-0.25, -0.2) is 8.42 Å². The summed E-state index contributed by atoms with van der Waals surface area (Å²) < 4.78 is 28.2. The van der Waals surface area contributed by atoms with Gasteiger partial charge in [0.1, 0.15) is 0 Å². The molecule has 0 fully saturated rings. The average Bonchev–Trinajstić information content (AvgIpc) is 2.46. The van der Waals surface area contributed by atoms with Crippen LogP contribution in [0.4, 0.5) is 0 Å². The van der Waals surface area contributed by atoms with Crippen LogP contribution in [-0.4, -0.2) is 39.7 Å². The molecule has 20 heavy (non-hydrogen) atoms. The van der Waals surface area contributed by atoms with Gasteiger partial charge in [-0.15, -0.1) is 0 Å². The average molecular weight is 299 g/mol. The van der Waals surface area contributed by atoms with Gasteiger partial charge in [-0.3, -0.25) is 9.59 Å². The van der Waals surface area contributed by atoms with Crippen LogP contribution in [0, 0.1) is 0 Å². The molecule has 1 amide bonds. The molecule has 0 radical (unpaired) electrons. The second-order valence-corrected chi connectivity index (χ2v) is 6.23. The van der Waals surface area contributed by atoms with E-state index < -0.39 is 21.7 Å². The minimum atomic E-state index is -3.47. The Morgan fingerprint density at radius 2 is 1.90 bits per heavy atom. The molecule has 1 rings (SSSR count). The van der Waals surface area contributed by atoms with Gasteiger partial charge in [-0.2, -0.15) is 0 Å². The molecule has 0 spiro atoms. The Balaban J connectivity index is 2.87. The van der Waals surface area contributed by atoms with E-state index in [9.17, 15) is 18.0 Å². The SMILES string of the molecule is CCS(=O)(=O)c1ccccc1C(=O)NCCC(=O)OC. The van der Waals surface area contributed by atoms with Gasteiger partial charge in [0.05, 0.1) is 29.7 Å². The highest BCUT2D eigenvalue weighted by atomic mass is 32.2. The maximum atomic E-state index is 12.0. The van der Waals surface area contributed by atoms with Crippen LogP contribution >= 0.6 is 0 Å². The van der Waals surface area contributed by atoms with Gasteiger partial charge in [-0.1, -0.05) is 19.1 Å². The predicted octanol–water partition coefficient (Wildman–Crippen LogP) is 0.773. The first-order chi connectivity index (χ1) is 9.42. The molecule has 0 aliphatic rings. The summed E-state index contributed by atoms with van der Waals surface area (Å²) in [6, 6.07) is 5.99. The monoisotopic (exact) mass is 299 g/mol. The highest BCUT2D eigenvalue weighted by Gasteiger charge is 2.20. The Morgan fingerprint density at radius 1 is 1.25 bits per heavy atom. The number of amides is 1. The summed E-state index contributed by atoms with van der Waals surface area (Å²) in [5, 5.41) is 2.50. The molecule has 1 N–H and O–H groups in total. The lowest BCUT2D eigenvalue weighted by atomic mass is 10.2. The van der Waals surface area contributed by atoms with Crippen LogP contribution in [0.1, 0.15) is 23.7 Å². The lowest BCUT2D eigenvalue weighted by molar-refractivity contribution is -0.140. The fraction of sp³-hybridized carbons (Fsp3) is 0.385. The Hall–Kier alpha value is -1.89. The van der Waals surface area contributed by atoms with Gasteiger partial charge in [0, 0.05) is 6.54 Å². The van der Waals surface area contributed by atoms with Gasteiger partial charge >= 0.3 is 5.97 Å². The predicted molar refractivity (Wildman–Crippen MR) is 73.1 cm³/mol. The van der Waals surface area contributed by atoms with Gasteiger partial charge in [0.2, 0.25) is 0 Å². The number of ether oxygens (including phenoxy) is 1. The van der Waals surface area contributed by atoms with E-state index in [-0.39, 0.29) is 29.2 Å². The standard InChI is InChI=1S/C13H17NO5S/c1-3-20(17,18)11-7-5-4-6-10(11)13(16)14-9-8-12(15)19-2/h4-7H,3,8-9H2,1-2H3,(H,14,16). The summed E-state index contributed by atoms with van der Waals surface area (Å²) in [5.41, 5.74) is 0.0826. The number of rotatable bonds is 6. The van der Waals surface area contributed by atoms with Crippen molar-refractivity contribution in [2.75, 3.05) is 19.4 Å². The highest BCUT2D eigenvalue weighted by molar-refractivity contribution is 7.91. The van der Waals surface area contributed by atoms with Gasteiger partial charge in [-0.05, 0) is 12.1 Å². The number of benzene rings is 1. The van der Waals surface area contributed by atoms with E-state index >= 15 is 0 Å². The van der Waals surface area contributed by atoms with Crippen LogP contribution in [0.2, 0.25) is 0 Å². The number of nitrogens with one attached hydrogen (secondary N) is 1. The molecule has 0 heterocycles. The van der Waals surface area contributed by atoms with Crippen molar-refractivity contribution in [3.63, 3.8) is 0 Å². The minimum absolute atomic E-state index is 0.00179. The Bertz CT molecular complexity index is 595. The zero-order valence-electron chi connectivity index (χ0n) is 11.4. The number of hydrogen-bond acceptors (Lipinski definition) is 5. The van der Waals surface area contributed by atoms with E-state index in [1.807, 2.05) is 0 Å². The first-order valence-corrected chi connectivity index (χ1v) is 7.74. The van der Waals surface area contributed by atoms with E-state index in [2.05, 4.69) is 10.1 Å². The topological polar surface area (TPSA) is 89.5 Å². The fourth-order valence-corrected chi connectivity index (χ4v) is 2.65. The summed E-state index contributed by atoms with van der Waals surface area (Å²) in [7, 11) is -2.22. The normalized spacial score (nSPS) is 10.9. The third-order valence-corrected chi connectivity index (χ3v) is 4.48. The van der Waals surface area contributed by atoms with Crippen molar-refractivity contribution < 1.29 is 22.7 Å². The Morgan fingerprint density at radius 3 is 2.50 bits per heavy atom. The van der Waals surface area contributed by atoms with Gasteiger partial charge in [0.15, 0.2) is 9.84 Å². The van der Waals surface area contributed by atoms with Crippen LogP contribution in [0.5, 0.6) is 0 Å². The molecule has 0 aliphatic heterocycles. The third-order valence-electron chi connectivity index (χ3n) is 2.69. The molecule has 0 aromatic heterocycles. The van der Waals surface area contributed by atoms with Crippen molar-refractivity contribution >= 4 is 21.7 Å². The first-order valence-electron chi connectivity index (χ1n) is 6.09. The lowest BCUT2D eigenvalue weighted by Crippen LogP contribution is -2.28. The largest absolute Gasteiger partial charge is 0.469 e. The van der Waals surface area contributed by atoms with Gasteiger partial charge < -0.3 is 10.1 Å². The van der Waals surface area contributed by atoms with Crippen LogP contribution in [0.25, 0.3) is 0 Å². The van der Waals surface area contributed by atoms with Crippen molar-refractivity contribution in [2.24, 2.45) is 0 Å². The number of carbonyl (C=O) groups is 2. The number of carbonyl (C=O) groups excluding carboxylic acids is 2. The summed E-state index contributed by atoms with van der Waals surface area (Å²) in [6.07, 6.45) is 0.0327. The second-order valence-electron chi connectivity index (χ2n) is 3.98. The van der Waals surface area contributed by atoms with Crippen molar-refractivity contribution in [2.45, 2.75) is 18.2 Å². The summed E-state index contributed by atoms with van der Waals surface area (Å²) >= 11 is 0. The zero-order valence-corrected chi connectivity index (χ0v) is 12.2. The second kappa shape index (κ2) is 7.04. The molecule has 0 aliphatic carbocycles. The van der Waals surface area contributed by atoms with Crippen LogP contribution in [0.15, 0.2) is 29.2 Å². The van der Waals surface area contributed by atoms with E-state index in [0.717, 1.165) is 0 Å². The van der Waals surface area contributed by atoms with Crippen LogP contribution in [0.3, 0.4) is 0 Å².